The van der Waals surface area contributed by atoms with Crippen molar-refractivity contribution in [2.75, 3.05) is 14.2 Å². The third-order valence-electron chi connectivity index (χ3n) is 3.79. The Hall–Kier alpha value is -2.42. The molecule has 3 heteroatoms. The number of methoxy groups -OCH3 is 2. The molecule has 0 aliphatic heterocycles. The molecule has 0 aliphatic carbocycles. The van der Waals surface area contributed by atoms with Crippen LogP contribution in [0.1, 0.15) is 5.56 Å². The maximum absolute atomic E-state index is 5.40. The van der Waals surface area contributed by atoms with Crippen molar-refractivity contribution >= 4 is 10.9 Å². The first-order chi connectivity index (χ1) is 10.3. The number of rotatable bonds is 5. The highest BCUT2D eigenvalue weighted by Gasteiger charge is 2.05. The molecule has 0 fully saturated rings. The van der Waals surface area contributed by atoms with Crippen LogP contribution < -0.4 is 9.47 Å². The first kappa shape index (κ1) is 13.6. The van der Waals surface area contributed by atoms with Gasteiger partial charge in [0.25, 0.3) is 0 Å². The summed E-state index contributed by atoms with van der Waals surface area (Å²) in [5.41, 5.74) is 2.52. The number of hydrogen-bond acceptors (Lipinski definition) is 2. The quantitative estimate of drug-likeness (QED) is 0.708. The van der Waals surface area contributed by atoms with Crippen LogP contribution in [0.3, 0.4) is 0 Å². The standard InChI is InChI=1S/C18H19NO2/c1-20-15-8-6-14(7-9-15)10-12-19-13-11-16-17(19)4-3-5-18(16)21-2/h3-9,11,13H,10,12H2,1-2H3. The van der Waals surface area contributed by atoms with Crippen LogP contribution in [0.25, 0.3) is 10.9 Å². The summed E-state index contributed by atoms with van der Waals surface area (Å²) >= 11 is 0. The van der Waals surface area contributed by atoms with Gasteiger partial charge in [-0.1, -0.05) is 18.2 Å². The van der Waals surface area contributed by atoms with Crippen LogP contribution in [-0.4, -0.2) is 18.8 Å². The molecule has 0 bridgehead atoms. The number of fused-ring (bicyclic) bond motifs is 1. The van der Waals surface area contributed by atoms with Crippen molar-refractivity contribution in [1.82, 2.24) is 4.57 Å². The van der Waals surface area contributed by atoms with Gasteiger partial charge >= 0.3 is 0 Å². The van der Waals surface area contributed by atoms with Crippen molar-refractivity contribution in [1.29, 1.82) is 0 Å². The van der Waals surface area contributed by atoms with Crippen LogP contribution in [0.15, 0.2) is 54.7 Å². The lowest BCUT2D eigenvalue weighted by Gasteiger charge is -2.07. The molecule has 1 aromatic heterocycles. The zero-order chi connectivity index (χ0) is 14.7. The number of hydrogen-bond donors (Lipinski definition) is 0. The van der Waals surface area contributed by atoms with E-state index in [0.29, 0.717) is 0 Å². The Labute approximate surface area is 124 Å². The van der Waals surface area contributed by atoms with E-state index in [4.69, 9.17) is 9.47 Å². The summed E-state index contributed by atoms with van der Waals surface area (Å²) < 4.78 is 12.9. The van der Waals surface area contributed by atoms with E-state index in [-0.39, 0.29) is 0 Å². The van der Waals surface area contributed by atoms with Gasteiger partial charge in [0.15, 0.2) is 0 Å². The lowest BCUT2D eigenvalue weighted by molar-refractivity contribution is 0.414. The second-order valence-corrected chi connectivity index (χ2v) is 5.00. The molecule has 3 aromatic rings. The zero-order valence-corrected chi connectivity index (χ0v) is 12.4. The van der Waals surface area contributed by atoms with Gasteiger partial charge in [0.1, 0.15) is 11.5 Å². The van der Waals surface area contributed by atoms with Crippen molar-refractivity contribution < 1.29 is 9.47 Å². The second kappa shape index (κ2) is 5.92. The molecule has 0 spiro atoms. The van der Waals surface area contributed by atoms with Crippen molar-refractivity contribution in [2.24, 2.45) is 0 Å². The topological polar surface area (TPSA) is 23.4 Å². The first-order valence-corrected chi connectivity index (χ1v) is 7.06. The van der Waals surface area contributed by atoms with E-state index in [1.807, 2.05) is 24.3 Å². The van der Waals surface area contributed by atoms with Gasteiger partial charge in [0.2, 0.25) is 0 Å². The van der Waals surface area contributed by atoms with Gasteiger partial charge in [-0.2, -0.15) is 0 Å². The molecule has 3 rings (SSSR count). The Kier molecular flexibility index (Phi) is 3.82. The molecule has 108 valence electrons. The molecule has 0 saturated carbocycles. The lowest BCUT2D eigenvalue weighted by Crippen LogP contribution is -1.99. The Morgan fingerprint density at radius 1 is 0.905 bits per heavy atom. The molecule has 21 heavy (non-hydrogen) atoms. The third-order valence-corrected chi connectivity index (χ3v) is 3.79. The molecule has 0 aliphatic rings. The average Bonchev–Trinajstić information content (AvgIpc) is 2.96. The lowest BCUT2D eigenvalue weighted by atomic mass is 10.1. The maximum Gasteiger partial charge on any atom is 0.128 e. The first-order valence-electron chi connectivity index (χ1n) is 7.06. The largest absolute Gasteiger partial charge is 0.497 e. The predicted molar refractivity (Wildman–Crippen MR) is 85.2 cm³/mol. The van der Waals surface area contributed by atoms with Crippen molar-refractivity contribution in [3.63, 3.8) is 0 Å². The van der Waals surface area contributed by atoms with Crippen LogP contribution >= 0.6 is 0 Å². The molecule has 0 unspecified atom stereocenters. The normalized spacial score (nSPS) is 10.8. The summed E-state index contributed by atoms with van der Waals surface area (Å²) in [5, 5.41) is 1.16. The fourth-order valence-corrected chi connectivity index (χ4v) is 2.61. The van der Waals surface area contributed by atoms with Gasteiger partial charge in [-0.15, -0.1) is 0 Å². The van der Waals surface area contributed by atoms with Gasteiger partial charge in [-0.05, 0) is 42.3 Å². The van der Waals surface area contributed by atoms with Crippen molar-refractivity contribution in [2.45, 2.75) is 13.0 Å². The summed E-state index contributed by atoms with van der Waals surface area (Å²) in [5.74, 6) is 1.82. The minimum Gasteiger partial charge on any atom is -0.497 e. The number of aromatic nitrogens is 1. The van der Waals surface area contributed by atoms with Gasteiger partial charge in [0, 0.05) is 18.1 Å². The second-order valence-electron chi connectivity index (χ2n) is 5.00. The van der Waals surface area contributed by atoms with Crippen LogP contribution in [0, 0.1) is 0 Å². The van der Waals surface area contributed by atoms with E-state index in [2.05, 4.69) is 35.0 Å². The molecule has 0 N–H and O–H groups in total. The fraction of sp³-hybridized carbons (Fsp3) is 0.222. The Bertz CT molecular complexity index is 729. The third kappa shape index (κ3) is 2.72. The van der Waals surface area contributed by atoms with Crippen LogP contribution in [-0.2, 0) is 13.0 Å². The molecular weight excluding hydrogens is 262 g/mol. The van der Waals surface area contributed by atoms with Crippen LogP contribution in [0.4, 0.5) is 0 Å². The number of nitrogens with zero attached hydrogens (tertiary/aromatic N) is 1. The summed E-state index contributed by atoms with van der Waals surface area (Å²) in [6, 6.07) is 16.5. The fourth-order valence-electron chi connectivity index (χ4n) is 2.61. The van der Waals surface area contributed by atoms with E-state index in [0.717, 1.165) is 29.9 Å². The minimum atomic E-state index is 0.898. The molecule has 0 amide bonds. The number of benzene rings is 2. The smallest absolute Gasteiger partial charge is 0.128 e. The summed E-state index contributed by atoms with van der Waals surface area (Å²) in [4.78, 5) is 0. The van der Waals surface area contributed by atoms with E-state index in [1.54, 1.807) is 14.2 Å². The molecule has 1 heterocycles. The Morgan fingerprint density at radius 3 is 2.43 bits per heavy atom. The van der Waals surface area contributed by atoms with Gasteiger partial charge in [-0.3, -0.25) is 0 Å². The van der Waals surface area contributed by atoms with Crippen molar-refractivity contribution in [3.05, 3.63) is 60.3 Å². The molecule has 0 saturated heterocycles. The van der Waals surface area contributed by atoms with Gasteiger partial charge in [-0.25, -0.2) is 0 Å². The SMILES string of the molecule is COc1ccc(CCn2ccc3c(OC)cccc32)cc1. The average molecular weight is 281 g/mol. The molecule has 0 radical (unpaired) electrons. The predicted octanol–water partition coefficient (Wildman–Crippen LogP) is 3.90. The summed E-state index contributed by atoms with van der Waals surface area (Å²) in [6.45, 7) is 0.947. The Morgan fingerprint density at radius 2 is 1.71 bits per heavy atom. The van der Waals surface area contributed by atoms with Gasteiger partial charge < -0.3 is 14.0 Å². The highest BCUT2D eigenvalue weighted by Crippen LogP contribution is 2.26. The van der Waals surface area contributed by atoms with E-state index in [1.165, 1.54) is 11.1 Å². The highest BCUT2D eigenvalue weighted by molar-refractivity contribution is 5.86. The monoisotopic (exact) mass is 281 g/mol. The van der Waals surface area contributed by atoms with E-state index >= 15 is 0 Å². The molecule has 3 nitrogen and oxygen atoms in total. The molecule has 0 atom stereocenters. The molecular formula is C18H19NO2. The van der Waals surface area contributed by atoms with E-state index in [9.17, 15) is 0 Å². The Balaban J connectivity index is 1.78. The van der Waals surface area contributed by atoms with Crippen LogP contribution in [0.2, 0.25) is 0 Å². The number of ether oxygens (including phenoxy) is 2. The van der Waals surface area contributed by atoms with Gasteiger partial charge in [0.05, 0.1) is 19.7 Å². The van der Waals surface area contributed by atoms with Crippen LogP contribution in [0.5, 0.6) is 11.5 Å². The molecule has 2 aromatic carbocycles. The maximum atomic E-state index is 5.40. The zero-order valence-electron chi connectivity index (χ0n) is 12.4. The summed E-state index contributed by atoms with van der Waals surface area (Å²) in [6.07, 6.45) is 3.11. The summed E-state index contributed by atoms with van der Waals surface area (Å²) in [7, 11) is 3.40. The number of aryl methyl sites for hydroxylation is 2. The highest BCUT2D eigenvalue weighted by atomic mass is 16.5. The van der Waals surface area contributed by atoms with E-state index < -0.39 is 0 Å². The van der Waals surface area contributed by atoms with Crippen molar-refractivity contribution in [3.8, 4) is 11.5 Å². The minimum absolute atomic E-state index is 0.898.